The van der Waals surface area contributed by atoms with Crippen LogP contribution in [0.1, 0.15) is 5.56 Å². The summed E-state index contributed by atoms with van der Waals surface area (Å²) in [5.74, 6) is 0.681. The van der Waals surface area contributed by atoms with Crippen molar-refractivity contribution >= 4 is 50.6 Å². The zero-order chi connectivity index (χ0) is 12.4. The first-order valence-corrected chi connectivity index (χ1v) is 6.45. The molecule has 0 aliphatic rings. The summed E-state index contributed by atoms with van der Waals surface area (Å²) >= 11 is 15.3. The monoisotopic (exact) mass is 330 g/mol. The minimum Gasteiger partial charge on any atom is -0.338 e. The molecule has 0 bridgehead atoms. The van der Waals surface area contributed by atoms with Crippen LogP contribution in [0.25, 0.3) is 0 Å². The molecule has 1 aromatic carbocycles. The number of nitrogens with one attached hydrogen (secondary N) is 1. The van der Waals surface area contributed by atoms with Gasteiger partial charge in [-0.05, 0) is 46.6 Å². The highest BCUT2D eigenvalue weighted by atomic mass is 79.9. The van der Waals surface area contributed by atoms with E-state index in [1.165, 1.54) is 0 Å². The van der Waals surface area contributed by atoms with E-state index in [1.54, 1.807) is 12.3 Å². The molecule has 0 aliphatic heterocycles. The van der Waals surface area contributed by atoms with Gasteiger partial charge >= 0.3 is 0 Å². The molecule has 0 spiro atoms. The van der Waals surface area contributed by atoms with E-state index in [2.05, 4.69) is 26.2 Å². The SMILES string of the molecule is Cc1ccc(Nc2ncc(Cl)cc2Br)c(Cl)c1. The second-order valence-electron chi connectivity index (χ2n) is 3.59. The topological polar surface area (TPSA) is 24.9 Å². The highest BCUT2D eigenvalue weighted by Gasteiger charge is 2.05. The molecule has 0 atom stereocenters. The van der Waals surface area contributed by atoms with Gasteiger partial charge < -0.3 is 5.32 Å². The first-order chi connectivity index (χ1) is 8.06. The Morgan fingerprint density at radius 2 is 2.00 bits per heavy atom. The number of hydrogen-bond donors (Lipinski definition) is 1. The fraction of sp³-hybridized carbons (Fsp3) is 0.0833. The van der Waals surface area contributed by atoms with E-state index in [0.29, 0.717) is 15.9 Å². The molecule has 0 aliphatic carbocycles. The van der Waals surface area contributed by atoms with E-state index in [4.69, 9.17) is 23.2 Å². The number of halogens is 3. The van der Waals surface area contributed by atoms with Crippen LogP contribution in [0.3, 0.4) is 0 Å². The highest BCUT2D eigenvalue weighted by molar-refractivity contribution is 9.10. The fourth-order valence-corrected chi connectivity index (χ4v) is 2.38. The first kappa shape index (κ1) is 12.7. The largest absolute Gasteiger partial charge is 0.338 e. The van der Waals surface area contributed by atoms with Crippen LogP contribution in [-0.4, -0.2) is 4.98 Å². The van der Waals surface area contributed by atoms with Gasteiger partial charge in [0.05, 0.1) is 20.2 Å². The van der Waals surface area contributed by atoms with Crippen molar-refractivity contribution in [1.29, 1.82) is 0 Å². The van der Waals surface area contributed by atoms with Gasteiger partial charge in [0.1, 0.15) is 5.82 Å². The van der Waals surface area contributed by atoms with Gasteiger partial charge in [-0.15, -0.1) is 0 Å². The summed E-state index contributed by atoms with van der Waals surface area (Å²) in [6, 6.07) is 7.57. The van der Waals surface area contributed by atoms with Crippen molar-refractivity contribution in [2.24, 2.45) is 0 Å². The third-order valence-electron chi connectivity index (χ3n) is 2.19. The quantitative estimate of drug-likeness (QED) is 0.817. The Hall–Kier alpha value is -0.770. The maximum Gasteiger partial charge on any atom is 0.144 e. The first-order valence-electron chi connectivity index (χ1n) is 4.90. The van der Waals surface area contributed by atoms with Gasteiger partial charge in [-0.2, -0.15) is 0 Å². The number of aryl methyl sites for hydroxylation is 1. The Morgan fingerprint density at radius 3 is 2.65 bits per heavy atom. The second kappa shape index (κ2) is 5.25. The van der Waals surface area contributed by atoms with Crippen LogP contribution in [0.4, 0.5) is 11.5 Å². The van der Waals surface area contributed by atoms with Crippen molar-refractivity contribution in [2.75, 3.05) is 5.32 Å². The molecule has 88 valence electrons. The van der Waals surface area contributed by atoms with Crippen molar-refractivity contribution in [3.63, 3.8) is 0 Å². The maximum absolute atomic E-state index is 6.13. The van der Waals surface area contributed by atoms with E-state index >= 15 is 0 Å². The third kappa shape index (κ3) is 3.12. The van der Waals surface area contributed by atoms with Crippen molar-refractivity contribution in [3.05, 3.63) is 50.5 Å². The molecule has 0 saturated heterocycles. The van der Waals surface area contributed by atoms with Crippen LogP contribution in [0, 0.1) is 6.92 Å². The fourth-order valence-electron chi connectivity index (χ4n) is 1.36. The minimum absolute atomic E-state index is 0.581. The predicted octanol–water partition coefficient (Wildman–Crippen LogP) is 5.20. The Labute approximate surface area is 118 Å². The molecule has 0 radical (unpaired) electrons. The van der Waals surface area contributed by atoms with Crippen molar-refractivity contribution in [2.45, 2.75) is 6.92 Å². The van der Waals surface area contributed by atoms with E-state index in [1.807, 2.05) is 25.1 Å². The summed E-state index contributed by atoms with van der Waals surface area (Å²) in [4.78, 5) is 4.19. The molecule has 1 aromatic heterocycles. The molecule has 5 heteroatoms. The molecule has 2 aromatic rings. The Balaban J connectivity index is 2.31. The summed E-state index contributed by atoms with van der Waals surface area (Å²) in [6.07, 6.45) is 1.58. The predicted molar refractivity (Wildman–Crippen MR) is 76.4 cm³/mol. The van der Waals surface area contributed by atoms with Crippen LogP contribution in [0.2, 0.25) is 10.0 Å². The molecule has 0 amide bonds. The van der Waals surface area contributed by atoms with Gasteiger partial charge in [-0.3, -0.25) is 0 Å². The zero-order valence-electron chi connectivity index (χ0n) is 8.97. The average molecular weight is 332 g/mol. The van der Waals surface area contributed by atoms with Gasteiger partial charge in [0.15, 0.2) is 0 Å². The summed E-state index contributed by atoms with van der Waals surface area (Å²) in [7, 11) is 0. The molecule has 0 fully saturated rings. The smallest absolute Gasteiger partial charge is 0.144 e. The Morgan fingerprint density at radius 1 is 1.24 bits per heavy atom. The van der Waals surface area contributed by atoms with Crippen molar-refractivity contribution < 1.29 is 0 Å². The molecular formula is C12H9BrCl2N2. The van der Waals surface area contributed by atoms with Crippen molar-refractivity contribution in [1.82, 2.24) is 4.98 Å². The normalized spacial score (nSPS) is 10.4. The highest BCUT2D eigenvalue weighted by Crippen LogP contribution is 2.30. The maximum atomic E-state index is 6.13. The lowest BCUT2D eigenvalue weighted by Gasteiger charge is -2.09. The summed E-state index contributed by atoms with van der Waals surface area (Å²) < 4.78 is 0.793. The van der Waals surface area contributed by atoms with Gasteiger partial charge in [0, 0.05) is 6.20 Å². The molecular weight excluding hydrogens is 323 g/mol. The minimum atomic E-state index is 0.581. The lowest BCUT2D eigenvalue weighted by molar-refractivity contribution is 1.29. The van der Waals surface area contributed by atoms with E-state index in [9.17, 15) is 0 Å². The Bertz CT molecular complexity index is 509. The third-order valence-corrected chi connectivity index (χ3v) is 3.31. The number of aromatic nitrogens is 1. The molecule has 0 saturated carbocycles. The standard InChI is InChI=1S/C12H9BrCl2N2/c1-7-2-3-11(10(15)4-7)17-12-9(13)5-8(14)6-16-12/h2-6H,1H3,(H,16,17). The van der Waals surface area contributed by atoms with Gasteiger partial charge in [0.2, 0.25) is 0 Å². The zero-order valence-corrected chi connectivity index (χ0v) is 12.1. The number of pyridine rings is 1. The lowest BCUT2D eigenvalue weighted by Crippen LogP contribution is -1.95. The number of benzene rings is 1. The molecule has 2 rings (SSSR count). The van der Waals surface area contributed by atoms with Crippen LogP contribution >= 0.6 is 39.1 Å². The lowest BCUT2D eigenvalue weighted by atomic mass is 10.2. The number of rotatable bonds is 2. The van der Waals surface area contributed by atoms with Crippen LogP contribution in [0.5, 0.6) is 0 Å². The van der Waals surface area contributed by atoms with Crippen LogP contribution in [0.15, 0.2) is 34.9 Å². The summed E-state index contributed by atoms with van der Waals surface area (Å²) in [5, 5.41) is 4.39. The molecule has 2 nitrogen and oxygen atoms in total. The number of nitrogens with zero attached hydrogens (tertiary/aromatic N) is 1. The van der Waals surface area contributed by atoms with E-state index in [0.717, 1.165) is 15.7 Å². The van der Waals surface area contributed by atoms with Gasteiger partial charge in [-0.1, -0.05) is 29.3 Å². The van der Waals surface area contributed by atoms with Crippen molar-refractivity contribution in [3.8, 4) is 0 Å². The molecule has 1 N–H and O–H groups in total. The molecule has 1 heterocycles. The van der Waals surface area contributed by atoms with Crippen LogP contribution < -0.4 is 5.32 Å². The summed E-state index contributed by atoms with van der Waals surface area (Å²) in [6.45, 7) is 1.99. The molecule has 17 heavy (non-hydrogen) atoms. The number of anilines is 2. The van der Waals surface area contributed by atoms with E-state index < -0.39 is 0 Å². The van der Waals surface area contributed by atoms with Gasteiger partial charge in [-0.25, -0.2) is 4.98 Å². The van der Waals surface area contributed by atoms with Crippen LogP contribution in [-0.2, 0) is 0 Å². The molecule has 0 unspecified atom stereocenters. The average Bonchev–Trinajstić information content (AvgIpc) is 2.25. The second-order valence-corrected chi connectivity index (χ2v) is 5.29. The van der Waals surface area contributed by atoms with E-state index in [-0.39, 0.29) is 0 Å². The van der Waals surface area contributed by atoms with Gasteiger partial charge in [0.25, 0.3) is 0 Å². The summed E-state index contributed by atoms with van der Waals surface area (Å²) in [5.41, 5.74) is 1.93. The number of hydrogen-bond acceptors (Lipinski definition) is 2. The Kier molecular flexibility index (Phi) is 3.92.